The maximum Gasteiger partial charge on any atom is 0.303 e. The Hall–Kier alpha value is -3.35. The average Bonchev–Trinajstić information content (AvgIpc) is 2.72. The van der Waals surface area contributed by atoms with Gasteiger partial charge >= 0.3 is 5.97 Å². The quantitative estimate of drug-likeness (QED) is 0.527. The van der Waals surface area contributed by atoms with Crippen molar-refractivity contribution in [2.75, 3.05) is 19.0 Å². The van der Waals surface area contributed by atoms with Gasteiger partial charge in [0, 0.05) is 45.6 Å². The fourth-order valence-corrected chi connectivity index (χ4v) is 2.95. The molecule has 1 atom stereocenters. The molecule has 0 saturated carbocycles. The monoisotopic (exact) mass is 411 g/mol. The number of benzene rings is 2. The lowest BCUT2D eigenvalue weighted by Gasteiger charge is -2.19. The summed E-state index contributed by atoms with van der Waals surface area (Å²) in [5, 5.41) is 14.4. The van der Waals surface area contributed by atoms with Crippen molar-refractivity contribution in [1.82, 2.24) is 10.6 Å². The molecule has 2 rings (SSSR count). The number of amides is 2. The van der Waals surface area contributed by atoms with E-state index in [1.807, 2.05) is 73.6 Å². The zero-order chi connectivity index (χ0) is 21.9. The van der Waals surface area contributed by atoms with Gasteiger partial charge in [-0.1, -0.05) is 42.5 Å². The molecule has 0 radical (unpaired) electrons. The van der Waals surface area contributed by atoms with E-state index in [1.165, 1.54) is 0 Å². The summed E-state index contributed by atoms with van der Waals surface area (Å²) in [4.78, 5) is 37.6. The van der Waals surface area contributed by atoms with Gasteiger partial charge in [-0.15, -0.1) is 0 Å². The standard InChI is InChI=1S/C23H29N3O4/c1-26(2)19-13-11-18(12-14-19)16-24-23(30)20(15-17-7-4-3-5-8-17)25-21(27)9-6-10-22(28)29/h3-5,7-8,11-14,20H,6,9-10,15-16H2,1-2H3,(H,24,30)(H,25,27)(H,28,29). The van der Waals surface area contributed by atoms with Gasteiger partial charge in [-0.25, -0.2) is 0 Å². The maximum absolute atomic E-state index is 12.8. The first-order chi connectivity index (χ1) is 14.3. The molecule has 0 saturated heterocycles. The summed E-state index contributed by atoms with van der Waals surface area (Å²) in [5.41, 5.74) is 2.96. The molecule has 0 heterocycles. The van der Waals surface area contributed by atoms with Gasteiger partial charge < -0.3 is 20.6 Å². The lowest BCUT2D eigenvalue weighted by atomic mass is 10.0. The predicted molar refractivity (Wildman–Crippen MR) is 116 cm³/mol. The fourth-order valence-electron chi connectivity index (χ4n) is 2.95. The zero-order valence-corrected chi connectivity index (χ0v) is 17.4. The molecule has 30 heavy (non-hydrogen) atoms. The van der Waals surface area contributed by atoms with Crippen molar-refractivity contribution in [3.8, 4) is 0 Å². The second-order valence-electron chi connectivity index (χ2n) is 7.34. The molecule has 0 aliphatic carbocycles. The van der Waals surface area contributed by atoms with Crippen LogP contribution in [0.3, 0.4) is 0 Å². The fraction of sp³-hybridized carbons (Fsp3) is 0.348. The number of aliphatic carboxylic acids is 1. The minimum absolute atomic E-state index is 0.0663. The number of carbonyl (C=O) groups is 3. The van der Waals surface area contributed by atoms with Crippen molar-refractivity contribution >= 4 is 23.5 Å². The first-order valence-corrected chi connectivity index (χ1v) is 9.94. The molecule has 7 heteroatoms. The Morgan fingerprint density at radius 2 is 1.60 bits per heavy atom. The highest BCUT2D eigenvalue weighted by Gasteiger charge is 2.21. The van der Waals surface area contributed by atoms with Crippen LogP contribution in [0.1, 0.15) is 30.4 Å². The van der Waals surface area contributed by atoms with E-state index in [1.54, 1.807) is 0 Å². The summed E-state index contributed by atoms with van der Waals surface area (Å²) in [6, 6.07) is 16.6. The van der Waals surface area contributed by atoms with Crippen LogP contribution in [0.15, 0.2) is 54.6 Å². The second-order valence-corrected chi connectivity index (χ2v) is 7.34. The molecule has 2 aromatic rings. The van der Waals surface area contributed by atoms with Gasteiger partial charge in [-0.05, 0) is 29.7 Å². The van der Waals surface area contributed by atoms with Crippen LogP contribution in [0, 0.1) is 0 Å². The van der Waals surface area contributed by atoms with E-state index in [0.29, 0.717) is 13.0 Å². The number of carboxylic acid groups (broad SMARTS) is 1. The van der Waals surface area contributed by atoms with Crippen LogP contribution >= 0.6 is 0 Å². The molecule has 2 amide bonds. The average molecular weight is 412 g/mol. The predicted octanol–water partition coefficient (Wildman–Crippen LogP) is 2.35. The van der Waals surface area contributed by atoms with Crippen molar-refractivity contribution < 1.29 is 19.5 Å². The van der Waals surface area contributed by atoms with Crippen LogP contribution in [0.4, 0.5) is 5.69 Å². The van der Waals surface area contributed by atoms with E-state index in [9.17, 15) is 14.4 Å². The molecule has 0 aromatic heterocycles. The van der Waals surface area contributed by atoms with E-state index >= 15 is 0 Å². The van der Waals surface area contributed by atoms with Crippen LogP contribution in [-0.2, 0) is 27.3 Å². The molecular weight excluding hydrogens is 382 g/mol. The molecule has 2 aromatic carbocycles. The van der Waals surface area contributed by atoms with Gasteiger partial charge in [0.15, 0.2) is 0 Å². The zero-order valence-electron chi connectivity index (χ0n) is 17.4. The van der Waals surface area contributed by atoms with Crippen molar-refractivity contribution in [3.63, 3.8) is 0 Å². The third kappa shape index (κ3) is 7.95. The summed E-state index contributed by atoms with van der Waals surface area (Å²) in [6.45, 7) is 0.354. The number of nitrogens with zero attached hydrogens (tertiary/aromatic N) is 1. The van der Waals surface area contributed by atoms with Crippen LogP contribution < -0.4 is 15.5 Å². The highest BCUT2D eigenvalue weighted by molar-refractivity contribution is 5.88. The first-order valence-electron chi connectivity index (χ1n) is 9.94. The van der Waals surface area contributed by atoms with Crippen LogP contribution in [-0.4, -0.2) is 43.0 Å². The highest BCUT2D eigenvalue weighted by atomic mass is 16.4. The first kappa shape index (κ1) is 22.9. The minimum atomic E-state index is -0.943. The van der Waals surface area contributed by atoms with E-state index < -0.39 is 12.0 Å². The Bertz CT molecular complexity index is 835. The van der Waals surface area contributed by atoms with Gasteiger partial charge in [-0.3, -0.25) is 14.4 Å². The number of hydrogen-bond donors (Lipinski definition) is 3. The van der Waals surface area contributed by atoms with E-state index in [-0.39, 0.29) is 31.1 Å². The third-order valence-electron chi connectivity index (χ3n) is 4.65. The van der Waals surface area contributed by atoms with E-state index in [2.05, 4.69) is 10.6 Å². The Morgan fingerprint density at radius 3 is 2.20 bits per heavy atom. The number of anilines is 1. The Labute approximate surface area is 177 Å². The molecule has 7 nitrogen and oxygen atoms in total. The van der Waals surface area contributed by atoms with Crippen LogP contribution in [0.2, 0.25) is 0 Å². The summed E-state index contributed by atoms with van der Waals surface area (Å²) >= 11 is 0. The SMILES string of the molecule is CN(C)c1ccc(CNC(=O)C(Cc2ccccc2)NC(=O)CCCC(=O)O)cc1. The van der Waals surface area contributed by atoms with E-state index in [4.69, 9.17) is 5.11 Å². The molecule has 0 aliphatic heterocycles. The van der Waals surface area contributed by atoms with Crippen LogP contribution in [0.25, 0.3) is 0 Å². The normalized spacial score (nSPS) is 11.4. The molecule has 0 fully saturated rings. The third-order valence-corrected chi connectivity index (χ3v) is 4.65. The Balaban J connectivity index is 1.98. The maximum atomic E-state index is 12.8. The summed E-state index contributed by atoms with van der Waals surface area (Å²) in [5.74, 6) is -1.55. The summed E-state index contributed by atoms with van der Waals surface area (Å²) < 4.78 is 0. The number of nitrogens with one attached hydrogen (secondary N) is 2. The Morgan fingerprint density at radius 1 is 0.933 bits per heavy atom. The smallest absolute Gasteiger partial charge is 0.303 e. The van der Waals surface area contributed by atoms with Crippen molar-refractivity contribution in [3.05, 3.63) is 65.7 Å². The lowest BCUT2D eigenvalue weighted by molar-refractivity contribution is -0.137. The molecule has 3 N–H and O–H groups in total. The van der Waals surface area contributed by atoms with Gasteiger partial charge in [0.05, 0.1) is 0 Å². The minimum Gasteiger partial charge on any atom is -0.481 e. The second kappa shape index (κ2) is 11.6. The van der Waals surface area contributed by atoms with Crippen LogP contribution in [0.5, 0.6) is 0 Å². The van der Waals surface area contributed by atoms with Crippen molar-refractivity contribution in [1.29, 1.82) is 0 Å². The van der Waals surface area contributed by atoms with E-state index in [0.717, 1.165) is 16.8 Å². The molecular formula is C23H29N3O4. The number of carbonyl (C=O) groups excluding carboxylic acids is 2. The number of rotatable bonds is 11. The number of hydrogen-bond acceptors (Lipinski definition) is 4. The molecule has 1 unspecified atom stereocenters. The molecule has 0 bridgehead atoms. The van der Waals surface area contributed by atoms with Gasteiger partial charge in [0.2, 0.25) is 11.8 Å². The molecule has 0 spiro atoms. The highest BCUT2D eigenvalue weighted by Crippen LogP contribution is 2.12. The summed E-state index contributed by atoms with van der Waals surface area (Å²) in [6.07, 6.45) is 0.582. The van der Waals surface area contributed by atoms with Crippen molar-refractivity contribution in [2.45, 2.75) is 38.3 Å². The largest absolute Gasteiger partial charge is 0.481 e. The number of carboxylic acids is 1. The van der Waals surface area contributed by atoms with Gasteiger partial charge in [-0.2, -0.15) is 0 Å². The molecule has 160 valence electrons. The Kier molecular flexibility index (Phi) is 8.87. The summed E-state index contributed by atoms with van der Waals surface area (Å²) in [7, 11) is 3.92. The van der Waals surface area contributed by atoms with Crippen molar-refractivity contribution in [2.24, 2.45) is 0 Å². The lowest BCUT2D eigenvalue weighted by Crippen LogP contribution is -2.47. The van der Waals surface area contributed by atoms with Gasteiger partial charge in [0.1, 0.15) is 6.04 Å². The van der Waals surface area contributed by atoms with Gasteiger partial charge in [0.25, 0.3) is 0 Å². The topological polar surface area (TPSA) is 98.7 Å². The molecule has 0 aliphatic rings.